The van der Waals surface area contributed by atoms with Crippen LogP contribution in [0.2, 0.25) is 0 Å². The van der Waals surface area contributed by atoms with Crippen LogP contribution in [-0.2, 0) is 4.74 Å². The highest BCUT2D eigenvalue weighted by atomic mass is 16.5. The summed E-state index contributed by atoms with van der Waals surface area (Å²) in [7, 11) is 3.57. The predicted molar refractivity (Wildman–Crippen MR) is 42.5 cm³/mol. The van der Waals surface area contributed by atoms with Gasteiger partial charge in [-0.05, 0) is 13.8 Å². The molecule has 10 heavy (non-hydrogen) atoms. The van der Waals surface area contributed by atoms with Gasteiger partial charge in [-0.1, -0.05) is 0 Å². The van der Waals surface area contributed by atoms with Gasteiger partial charge in [0.2, 0.25) is 0 Å². The average molecular weight is 144 g/mol. The van der Waals surface area contributed by atoms with Gasteiger partial charge in [0.05, 0.1) is 18.5 Å². The molecule has 0 aromatic carbocycles. The van der Waals surface area contributed by atoms with E-state index in [0.29, 0.717) is 18.5 Å². The van der Waals surface area contributed by atoms with E-state index in [0.717, 1.165) is 0 Å². The zero-order valence-electron chi connectivity index (χ0n) is 7.14. The average Bonchev–Trinajstić information content (AvgIpc) is 1.87. The molecule has 0 aliphatic heterocycles. The van der Waals surface area contributed by atoms with Crippen molar-refractivity contribution in [3.63, 3.8) is 0 Å². The van der Waals surface area contributed by atoms with E-state index in [2.05, 4.69) is 0 Å². The molecule has 1 N–H and O–H groups in total. The second-order valence-electron chi connectivity index (χ2n) is 2.50. The molecule has 1 unspecified atom stereocenters. The quantitative estimate of drug-likeness (QED) is 0.473. The van der Waals surface area contributed by atoms with Crippen molar-refractivity contribution in [1.29, 1.82) is 5.41 Å². The largest absolute Gasteiger partial charge is 0.383 e. The predicted octanol–water partition coefficient (Wildman–Crippen LogP) is 0.950. The van der Waals surface area contributed by atoms with Gasteiger partial charge in [-0.3, -0.25) is 5.41 Å². The molecular formula is C7H16N2O. The summed E-state index contributed by atoms with van der Waals surface area (Å²) in [5.74, 6) is 0.574. The summed E-state index contributed by atoms with van der Waals surface area (Å²) >= 11 is 0. The van der Waals surface area contributed by atoms with Crippen LogP contribution in [0, 0.1) is 5.41 Å². The maximum atomic E-state index is 7.28. The van der Waals surface area contributed by atoms with Gasteiger partial charge in [-0.2, -0.15) is 0 Å². The lowest BCUT2D eigenvalue weighted by Gasteiger charge is -2.24. The van der Waals surface area contributed by atoms with E-state index in [-0.39, 0.29) is 0 Å². The number of ether oxygens (including phenoxy) is 1. The third kappa shape index (κ3) is 2.82. The van der Waals surface area contributed by atoms with Crippen LogP contribution in [0.25, 0.3) is 0 Å². The molecule has 0 spiro atoms. The topological polar surface area (TPSA) is 36.3 Å². The van der Waals surface area contributed by atoms with Crippen LogP contribution in [0.4, 0.5) is 0 Å². The van der Waals surface area contributed by atoms with Crippen molar-refractivity contribution in [2.45, 2.75) is 19.9 Å². The van der Waals surface area contributed by atoms with Crippen molar-refractivity contribution >= 4 is 5.84 Å². The Balaban J connectivity index is 3.69. The van der Waals surface area contributed by atoms with Crippen molar-refractivity contribution < 1.29 is 4.74 Å². The molecule has 0 aromatic rings. The fourth-order valence-electron chi connectivity index (χ4n) is 0.684. The second kappa shape index (κ2) is 4.28. The molecule has 0 fully saturated rings. The first-order valence-electron chi connectivity index (χ1n) is 3.36. The SMILES string of the molecule is COCC(C)N(C)C(C)=N. The van der Waals surface area contributed by atoms with Crippen LogP contribution in [0.15, 0.2) is 0 Å². The lowest BCUT2D eigenvalue weighted by molar-refractivity contribution is 0.145. The van der Waals surface area contributed by atoms with Crippen LogP contribution in [0.1, 0.15) is 13.8 Å². The van der Waals surface area contributed by atoms with E-state index in [4.69, 9.17) is 10.1 Å². The summed E-state index contributed by atoms with van der Waals surface area (Å²) in [5.41, 5.74) is 0. The fraction of sp³-hybridized carbons (Fsp3) is 0.857. The van der Waals surface area contributed by atoms with E-state index < -0.39 is 0 Å². The molecule has 0 heterocycles. The number of nitrogens with one attached hydrogen (secondary N) is 1. The van der Waals surface area contributed by atoms with Crippen LogP contribution in [0.3, 0.4) is 0 Å². The molecular weight excluding hydrogens is 128 g/mol. The summed E-state index contributed by atoms with van der Waals surface area (Å²) < 4.78 is 4.94. The minimum absolute atomic E-state index is 0.294. The normalized spacial score (nSPS) is 12.8. The number of hydrogen-bond donors (Lipinski definition) is 1. The summed E-state index contributed by atoms with van der Waals surface area (Å²) in [5, 5.41) is 7.28. The molecule has 0 aliphatic carbocycles. The van der Waals surface area contributed by atoms with Gasteiger partial charge in [0.25, 0.3) is 0 Å². The summed E-state index contributed by atoms with van der Waals surface area (Å²) in [6.07, 6.45) is 0. The van der Waals surface area contributed by atoms with Crippen molar-refractivity contribution in [3.05, 3.63) is 0 Å². The molecule has 3 nitrogen and oxygen atoms in total. The molecule has 0 aromatic heterocycles. The van der Waals surface area contributed by atoms with Crippen molar-refractivity contribution in [3.8, 4) is 0 Å². The standard InChI is InChI=1S/C7H16N2O/c1-6(5-10-4)9(3)7(2)8/h6,8H,5H2,1-4H3. The smallest absolute Gasteiger partial charge is 0.0926 e. The van der Waals surface area contributed by atoms with Crippen LogP contribution in [-0.4, -0.2) is 37.5 Å². The highest BCUT2D eigenvalue weighted by molar-refractivity contribution is 5.76. The maximum Gasteiger partial charge on any atom is 0.0926 e. The fourth-order valence-corrected chi connectivity index (χ4v) is 0.684. The number of hydrogen-bond acceptors (Lipinski definition) is 2. The van der Waals surface area contributed by atoms with Gasteiger partial charge < -0.3 is 9.64 Å². The first-order chi connectivity index (χ1) is 4.59. The number of nitrogens with zero attached hydrogens (tertiary/aromatic N) is 1. The van der Waals surface area contributed by atoms with Gasteiger partial charge >= 0.3 is 0 Å². The van der Waals surface area contributed by atoms with Gasteiger partial charge in [0.15, 0.2) is 0 Å². The van der Waals surface area contributed by atoms with Crippen molar-refractivity contribution in [2.24, 2.45) is 0 Å². The Hall–Kier alpha value is -0.570. The minimum Gasteiger partial charge on any atom is -0.383 e. The first kappa shape index (κ1) is 9.43. The van der Waals surface area contributed by atoms with E-state index >= 15 is 0 Å². The Morgan fingerprint density at radius 3 is 2.50 bits per heavy atom. The zero-order valence-corrected chi connectivity index (χ0v) is 7.14. The monoisotopic (exact) mass is 144 g/mol. The second-order valence-corrected chi connectivity index (χ2v) is 2.50. The molecule has 60 valence electrons. The van der Waals surface area contributed by atoms with Crippen molar-refractivity contribution in [1.82, 2.24) is 4.90 Å². The van der Waals surface area contributed by atoms with E-state index in [1.54, 1.807) is 14.0 Å². The maximum absolute atomic E-state index is 7.28. The molecule has 0 bridgehead atoms. The molecule has 1 atom stereocenters. The minimum atomic E-state index is 0.294. The molecule has 0 rings (SSSR count). The Morgan fingerprint density at radius 2 is 2.20 bits per heavy atom. The number of rotatable bonds is 3. The lowest BCUT2D eigenvalue weighted by atomic mass is 10.3. The van der Waals surface area contributed by atoms with Crippen LogP contribution in [0.5, 0.6) is 0 Å². The van der Waals surface area contributed by atoms with Crippen LogP contribution >= 0.6 is 0 Å². The highest BCUT2D eigenvalue weighted by Gasteiger charge is 2.07. The number of likely N-dealkylation sites (N-methyl/N-ethyl adjacent to an activating group) is 1. The highest BCUT2D eigenvalue weighted by Crippen LogP contribution is 1.95. The molecule has 0 radical (unpaired) electrons. The first-order valence-corrected chi connectivity index (χ1v) is 3.36. The summed E-state index contributed by atoms with van der Waals surface area (Å²) in [6, 6.07) is 0.294. The Labute approximate surface area is 62.5 Å². The van der Waals surface area contributed by atoms with E-state index in [1.165, 1.54) is 0 Å². The summed E-state index contributed by atoms with van der Waals surface area (Å²) in [6.45, 7) is 4.47. The van der Waals surface area contributed by atoms with Gasteiger partial charge in [0.1, 0.15) is 0 Å². The number of methoxy groups -OCH3 is 1. The third-order valence-electron chi connectivity index (χ3n) is 1.60. The Morgan fingerprint density at radius 1 is 1.70 bits per heavy atom. The molecule has 0 amide bonds. The van der Waals surface area contributed by atoms with Crippen molar-refractivity contribution in [2.75, 3.05) is 20.8 Å². The lowest BCUT2D eigenvalue weighted by Crippen LogP contribution is -2.35. The van der Waals surface area contributed by atoms with Gasteiger partial charge in [-0.15, -0.1) is 0 Å². The molecule has 0 aliphatic rings. The van der Waals surface area contributed by atoms with Gasteiger partial charge in [0, 0.05) is 14.2 Å². The number of amidine groups is 1. The Kier molecular flexibility index (Phi) is 4.03. The Bertz CT molecular complexity index is 114. The zero-order chi connectivity index (χ0) is 8.15. The molecule has 0 saturated carbocycles. The molecule has 0 saturated heterocycles. The summed E-state index contributed by atoms with van der Waals surface area (Å²) in [4.78, 5) is 1.88. The molecule has 3 heteroatoms. The van der Waals surface area contributed by atoms with E-state index in [9.17, 15) is 0 Å². The van der Waals surface area contributed by atoms with Gasteiger partial charge in [-0.25, -0.2) is 0 Å². The van der Waals surface area contributed by atoms with E-state index in [1.807, 2.05) is 18.9 Å². The van der Waals surface area contributed by atoms with Crippen LogP contribution < -0.4 is 0 Å². The third-order valence-corrected chi connectivity index (χ3v) is 1.60.